The van der Waals surface area contributed by atoms with Crippen molar-refractivity contribution in [2.45, 2.75) is 72.1 Å². The Morgan fingerprint density at radius 1 is 1.22 bits per heavy atom. The van der Waals surface area contributed by atoms with Gasteiger partial charge >= 0.3 is 6.09 Å². The van der Waals surface area contributed by atoms with E-state index >= 15 is 0 Å². The fourth-order valence-corrected chi connectivity index (χ4v) is 3.63. The van der Waals surface area contributed by atoms with Gasteiger partial charge in [-0.15, -0.1) is 24.0 Å². The molecule has 1 aromatic rings. The molecule has 9 nitrogen and oxygen atoms in total. The topological polar surface area (TPSA) is 93.0 Å². The molecule has 0 aromatic carbocycles. The number of nitrogens with one attached hydrogen (secondary N) is 2. The predicted molar refractivity (Wildman–Crippen MR) is 138 cm³/mol. The number of likely N-dealkylation sites (tertiary alicyclic amines) is 1. The summed E-state index contributed by atoms with van der Waals surface area (Å²) < 4.78 is 13.1. The molecule has 0 atom stereocenters. The summed E-state index contributed by atoms with van der Waals surface area (Å²) in [6, 6.07) is 0. The van der Waals surface area contributed by atoms with E-state index in [1.807, 2.05) is 46.5 Å². The van der Waals surface area contributed by atoms with Crippen molar-refractivity contribution in [2.24, 2.45) is 12.0 Å². The monoisotopic (exact) mass is 564 g/mol. The molecule has 184 valence electrons. The summed E-state index contributed by atoms with van der Waals surface area (Å²) in [5, 5.41) is 10.7. The summed E-state index contributed by atoms with van der Waals surface area (Å²) in [7, 11) is 3.80. The van der Waals surface area contributed by atoms with Crippen LogP contribution in [0.4, 0.5) is 4.79 Å². The number of aryl methyl sites for hydroxylation is 2. The molecule has 0 saturated carbocycles. The highest BCUT2D eigenvalue weighted by atomic mass is 127. The maximum atomic E-state index is 11.6. The van der Waals surface area contributed by atoms with Crippen LogP contribution in [0.3, 0.4) is 0 Å². The van der Waals surface area contributed by atoms with E-state index in [0.717, 1.165) is 50.6 Å². The van der Waals surface area contributed by atoms with Crippen LogP contribution in [0.1, 0.15) is 57.0 Å². The van der Waals surface area contributed by atoms with Crippen LogP contribution in [-0.4, -0.2) is 71.7 Å². The summed E-state index contributed by atoms with van der Waals surface area (Å²) in [6.45, 7) is 13.4. The van der Waals surface area contributed by atoms with Crippen LogP contribution in [0.2, 0.25) is 0 Å². The Balaban J connectivity index is 0.00000512. The van der Waals surface area contributed by atoms with Gasteiger partial charge in [-0.05, 0) is 53.9 Å². The summed E-state index contributed by atoms with van der Waals surface area (Å²) in [6.07, 6.45) is 2.57. The molecule has 1 aliphatic heterocycles. The number of hydrogen-bond donors (Lipinski definition) is 2. The zero-order chi connectivity index (χ0) is 23.0. The van der Waals surface area contributed by atoms with Crippen LogP contribution in [-0.2, 0) is 23.1 Å². The smallest absolute Gasteiger partial charge is 0.407 e. The van der Waals surface area contributed by atoms with Crippen LogP contribution in [0.5, 0.6) is 0 Å². The van der Waals surface area contributed by atoms with E-state index in [2.05, 4.69) is 32.5 Å². The lowest BCUT2D eigenvalue weighted by molar-refractivity contribution is 0.0170. The lowest BCUT2D eigenvalue weighted by atomic mass is 10.1. The molecule has 1 amide bonds. The quantitative estimate of drug-likeness (QED) is 0.229. The van der Waals surface area contributed by atoms with Gasteiger partial charge in [-0.25, -0.2) is 4.79 Å². The molecule has 1 fully saturated rings. The number of piperidine rings is 1. The van der Waals surface area contributed by atoms with E-state index in [1.165, 1.54) is 11.3 Å². The first-order chi connectivity index (χ1) is 14.6. The lowest BCUT2D eigenvalue weighted by Crippen LogP contribution is -2.46. The van der Waals surface area contributed by atoms with Crippen LogP contribution >= 0.6 is 24.0 Å². The van der Waals surface area contributed by atoms with Crippen LogP contribution < -0.4 is 10.6 Å². The van der Waals surface area contributed by atoms with Gasteiger partial charge in [0.2, 0.25) is 0 Å². The third-order valence-electron chi connectivity index (χ3n) is 5.38. The zero-order valence-corrected chi connectivity index (χ0v) is 23.0. The Bertz CT molecular complexity index is 752. The average molecular weight is 565 g/mol. The second-order valence-electron chi connectivity index (χ2n) is 9.01. The van der Waals surface area contributed by atoms with E-state index in [0.29, 0.717) is 13.2 Å². The first kappa shape index (κ1) is 28.5. The molecule has 32 heavy (non-hydrogen) atoms. The van der Waals surface area contributed by atoms with E-state index in [4.69, 9.17) is 9.47 Å². The number of ether oxygens (including phenoxy) is 2. The predicted octanol–water partition coefficient (Wildman–Crippen LogP) is 3.13. The molecule has 0 bridgehead atoms. The van der Waals surface area contributed by atoms with Crippen molar-refractivity contribution in [1.82, 2.24) is 25.3 Å². The van der Waals surface area contributed by atoms with E-state index in [9.17, 15) is 4.79 Å². The van der Waals surface area contributed by atoms with Gasteiger partial charge in [0, 0.05) is 58.1 Å². The lowest BCUT2D eigenvalue weighted by Gasteiger charge is -2.34. The SMILES string of the molecule is CN=C(NCc1c(C)nn(C)c1C)N1CCC(OCCCNC(=O)OC(C)(C)C)CC1.I. The van der Waals surface area contributed by atoms with Crippen LogP contribution in [0.25, 0.3) is 0 Å². The number of nitrogens with zero attached hydrogens (tertiary/aromatic N) is 4. The molecule has 2 heterocycles. The second kappa shape index (κ2) is 13.2. The summed E-state index contributed by atoms with van der Waals surface area (Å²) in [5.74, 6) is 0.919. The summed E-state index contributed by atoms with van der Waals surface area (Å²) >= 11 is 0. The van der Waals surface area contributed by atoms with Gasteiger partial charge in [-0.1, -0.05) is 0 Å². The third-order valence-corrected chi connectivity index (χ3v) is 5.38. The minimum absolute atomic E-state index is 0. The molecular weight excluding hydrogens is 523 g/mol. The number of carbonyl (C=O) groups is 1. The second-order valence-corrected chi connectivity index (χ2v) is 9.01. The number of alkyl carbamates (subject to hydrolysis) is 1. The van der Waals surface area contributed by atoms with Crippen molar-refractivity contribution in [2.75, 3.05) is 33.3 Å². The van der Waals surface area contributed by atoms with Crippen molar-refractivity contribution < 1.29 is 14.3 Å². The molecule has 2 rings (SSSR count). The number of rotatable bonds is 7. The Labute approximate surface area is 209 Å². The number of amides is 1. The van der Waals surface area contributed by atoms with Gasteiger partial charge < -0.3 is 25.0 Å². The third kappa shape index (κ3) is 9.13. The Morgan fingerprint density at radius 2 is 1.88 bits per heavy atom. The van der Waals surface area contributed by atoms with Crippen molar-refractivity contribution in [3.63, 3.8) is 0 Å². The van der Waals surface area contributed by atoms with Crippen LogP contribution in [0, 0.1) is 13.8 Å². The molecular formula is C22H41IN6O3. The van der Waals surface area contributed by atoms with Crippen molar-refractivity contribution in [3.8, 4) is 0 Å². The zero-order valence-electron chi connectivity index (χ0n) is 20.7. The molecule has 0 radical (unpaired) electrons. The van der Waals surface area contributed by atoms with Crippen LogP contribution in [0.15, 0.2) is 4.99 Å². The maximum absolute atomic E-state index is 11.6. The fourth-order valence-electron chi connectivity index (χ4n) is 3.63. The first-order valence-corrected chi connectivity index (χ1v) is 11.1. The molecule has 1 saturated heterocycles. The molecule has 0 spiro atoms. The largest absolute Gasteiger partial charge is 0.444 e. The number of aromatic nitrogens is 2. The van der Waals surface area contributed by atoms with Crippen molar-refractivity contribution >= 4 is 36.0 Å². The van der Waals surface area contributed by atoms with Gasteiger partial charge in [0.1, 0.15) is 5.60 Å². The fraction of sp³-hybridized carbons (Fsp3) is 0.773. The number of carbonyl (C=O) groups excluding carboxylic acids is 1. The molecule has 1 aromatic heterocycles. The van der Waals surface area contributed by atoms with Gasteiger partial charge in [0.25, 0.3) is 0 Å². The van der Waals surface area contributed by atoms with Crippen molar-refractivity contribution in [1.29, 1.82) is 0 Å². The van der Waals surface area contributed by atoms with E-state index < -0.39 is 5.60 Å². The maximum Gasteiger partial charge on any atom is 0.407 e. The highest BCUT2D eigenvalue weighted by Crippen LogP contribution is 2.15. The molecule has 1 aliphatic rings. The van der Waals surface area contributed by atoms with Gasteiger partial charge in [-0.2, -0.15) is 5.10 Å². The minimum atomic E-state index is -0.473. The Kier molecular flexibility index (Phi) is 11.8. The number of hydrogen-bond acceptors (Lipinski definition) is 5. The van der Waals surface area contributed by atoms with Crippen molar-refractivity contribution in [3.05, 3.63) is 17.0 Å². The van der Waals surface area contributed by atoms with Gasteiger partial charge in [-0.3, -0.25) is 9.67 Å². The normalized spacial score (nSPS) is 15.3. The van der Waals surface area contributed by atoms with E-state index in [1.54, 1.807) is 0 Å². The first-order valence-electron chi connectivity index (χ1n) is 11.1. The molecule has 10 heteroatoms. The Hall–Kier alpha value is -1.56. The molecule has 0 unspecified atom stereocenters. The van der Waals surface area contributed by atoms with E-state index in [-0.39, 0.29) is 36.2 Å². The number of halogens is 1. The molecule has 2 N–H and O–H groups in total. The van der Waals surface area contributed by atoms with Gasteiger partial charge in [0.15, 0.2) is 5.96 Å². The standard InChI is InChI=1S/C22H40N6O3.HI/c1-16-19(17(2)27(7)26-16)15-25-20(23-6)28-12-9-18(10-13-28)30-14-8-11-24-21(29)31-22(3,4)5;/h18H,8-15H2,1-7H3,(H,23,25)(H,24,29);1H. The Morgan fingerprint density at radius 3 is 2.41 bits per heavy atom. The van der Waals surface area contributed by atoms with Gasteiger partial charge in [0.05, 0.1) is 11.8 Å². The summed E-state index contributed by atoms with van der Waals surface area (Å²) in [4.78, 5) is 18.4. The minimum Gasteiger partial charge on any atom is -0.444 e. The summed E-state index contributed by atoms with van der Waals surface area (Å²) in [5.41, 5.74) is 2.98. The highest BCUT2D eigenvalue weighted by Gasteiger charge is 2.22. The highest BCUT2D eigenvalue weighted by molar-refractivity contribution is 14.0. The number of aliphatic imine (C=N–C) groups is 1. The average Bonchev–Trinajstić information content (AvgIpc) is 2.93. The molecule has 0 aliphatic carbocycles. The number of guanidine groups is 1.